The van der Waals surface area contributed by atoms with Crippen molar-refractivity contribution < 1.29 is 14.4 Å². The van der Waals surface area contributed by atoms with E-state index in [4.69, 9.17) is 15.3 Å². The zero-order valence-electron chi connectivity index (χ0n) is 8.53. The van der Waals surface area contributed by atoms with Gasteiger partial charge in [0.15, 0.2) is 11.5 Å². The molecule has 0 aromatic heterocycles. The molecule has 0 radical (unpaired) electrons. The highest BCUT2D eigenvalue weighted by atomic mass is 16.7. The van der Waals surface area contributed by atoms with Gasteiger partial charge in [0.25, 0.3) is 0 Å². The predicted molar refractivity (Wildman–Crippen MR) is 55.4 cm³/mol. The summed E-state index contributed by atoms with van der Waals surface area (Å²) < 4.78 is 4.94. The standard InChI is InChI=1S/C10H14N2O3/c1-8(13)14-9-4-2-3-5-10(9)15-12-7-6-11/h2-5,12H,6-7,11H2,1H3. The highest BCUT2D eigenvalue weighted by Gasteiger charge is 2.06. The van der Waals surface area contributed by atoms with Crippen LogP contribution in [0.1, 0.15) is 6.92 Å². The number of carbonyl (C=O) groups excluding carboxylic acids is 1. The van der Waals surface area contributed by atoms with Crippen LogP contribution < -0.4 is 20.8 Å². The van der Waals surface area contributed by atoms with E-state index in [1.165, 1.54) is 6.92 Å². The van der Waals surface area contributed by atoms with E-state index in [9.17, 15) is 4.79 Å². The molecule has 3 N–H and O–H groups in total. The van der Waals surface area contributed by atoms with Crippen molar-refractivity contribution in [2.24, 2.45) is 5.73 Å². The Balaban J connectivity index is 2.64. The average Bonchev–Trinajstić information content (AvgIpc) is 2.20. The van der Waals surface area contributed by atoms with Crippen LogP contribution in [-0.2, 0) is 4.79 Å². The van der Waals surface area contributed by atoms with Crippen LogP contribution in [0.25, 0.3) is 0 Å². The first-order valence-electron chi connectivity index (χ1n) is 4.61. The molecule has 0 atom stereocenters. The van der Waals surface area contributed by atoms with E-state index in [-0.39, 0.29) is 5.97 Å². The lowest BCUT2D eigenvalue weighted by atomic mass is 10.3. The molecule has 1 aromatic rings. The fourth-order valence-electron chi connectivity index (χ4n) is 0.961. The zero-order valence-corrected chi connectivity index (χ0v) is 8.53. The maximum absolute atomic E-state index is 10.8. The van der Waals surface area contributed by atoms with Crippen LogP contribution in [0.5, 0.6) is 11.5 Å². The monoisotopic (exact) mass is 210 g/mol. The molecular weight excluding hydrogens is 196 g/mol. The lowest BCUT2D eigenvalue weighted by Gasteiger charge is -2.09. The second kappa shape index (κ2) is 6.00. The van der Waals surface area contributed by atoms with Crippen molar-refractivity contribution in [1.82, 2.24) is 5.48 Å². The van der Waals surface area contributed by atoms with Crippen LogP contribution in [-0.4, -0.2) is 19.1 Å². The van der Waals surface area contributed by atoms with E-state index in [2.05, 4.69) is 5.48 Å². The summed E-state index contributed by atoms with van der Waals surface area (Å²) >= 11 is 0. The van der Waals surface area contributed by atoms with Gasteiger partial charge in [0.1, 0.15) is 0 Å². The summed E-state index contributed by atoms with van der Waals surface area (Å²) in [6.45, 7) is 2.33. The van der Waals surface area contributed by atoms with Crippen molar-refractivity contribution >= 4 is 5.97 Å². The molecule has 0 aliphatic carbocycles. The fraction of sp³-hybridized carbons (Fsp3) is 0.300. The van der Waals surface area contributed by atoms with Crippen LogP contribution in [0.15, 0.2) is 24.3 Å². The van der Waals surface area contributed by atoms with Gasteiger partial charge < -0.3 is 15.3 Å². The molecule has 0 aliphatic rings. The first kappa shape index (κ1) is 11.5. The van der Waals surface area contributed by atoms with Gasteiger partial charge in [0.2, 0.25) is 0 Å². The van der Waals surface area contributed by atoms with Gasteiger partial charge in [-0.05, 0) is 12.1 Å². The van der Waals surface area contributed by atoms with Crippen LogP contribution in [0.4, 0.5) is 0 Å². The Kier molecular flexibility index (Phi) is 4.59. The predicted octanol–water partition coefficient (Wildman–Crippen LogP) is 0.454. The van der Waals surface area contributed by atoms with Crippen molar-refractivity contribution in [1.29, 1.82) is 0 Å². The number of hydrogen-bond donors (Lipinski definition) is 2. The maximum Gasteiger partial charge on any atom is 0.308 e. The zero-order chi connectivity index (χ0) is 11.1. The number of esters is 1. The number of nitrogens with two attached hydrogens (primary N) is 1. The van der Waals surface area contributed by atoms with Gasteiger partial charge in [-0.15, -0.1) is 0 Å². The molecule has 0 spiro atoms. The Hall–Kier alpha value is -1.59. The number of hydroxylamine groups is 1. The van der Waals surface area contributed by atoms with E-state index in [0.717, 1.165) is 0 Å². The minimum absolute atomic E-state index is 0.384. The van der Waals surface area contributed by atoms with E-state index in [1.807, 2.05) is 0 Å². The third-order valence-electron chi connectivity index (χ3n) is 1.53. The third-order valence-corrected chi connectivity index (χ3v) is 1.53. The Morgan fingerprint density at radius 3 is 2.67 bits per heavy atom. The molecular formula is C10H14N2O3. The fourth-order valence-corrected chi connectivity index (χ4v) is 0.961. The number of ether oxygens (including phenoxy) is 1. The lowest BCUT2D eigenvalue weighted by molar-refractivity contribution is -0.132. The molecule has 1 aromatic carbocycles. The second-order valence-corrected chi connectivity index (χ2v) is 2.83. The highest BCUT2D eigenvalue weighted by molar-refractivity contribution is 5.70. The molecule has 0 bridgehead atoms. The van der Waals surface area contributed by atoms with Gasteiger partial charge in [-0.25, -0.2) is 0 Å². The minimum Gasteiger partial charge on any atom is -0.423 e. The molecule has 5 heteroatoms. The molecule has 0 saturated heterocycles. The van der Waals surface area contributed by atoms with Gasteiger partial charge in [0, 0.05) is 20.0 Å². The summed E-state index contributed by atoms with van der Waals surface area (Å²) in [5.74, 6) is 0.459. The number of para-hydroxylation sites is 2. The third kappa shape index (κ3) is 3.97. The quantitative estimate of drug-likeness (QED) is 0.319. The van der Waals surface area contributed by atoms with E-state index in [0.29, 0.717) is 24.6 Å². The molecule has 0 heterocycles. The number of rotatable bonds is 5. The summed E-state index contributed by atoms with van der Waals surface area (Å²) in [6, 6.07) is 6.89. The van der Waals surface area contributed by atoms with Gasteiger partial charge in [-0.2, -0.15) is 5.48 Å². The largest absolute Gasteiger partial charge is 0.423 e. The summed E-state index contributed by atoms with van der Waals surface area (Å²) in [5, 5.41) is 0. The first-order chi connectivity index (χ1) is 7.24. The number of hydrogen-bond acceptors (Lipinski definition) is 5. The summed E-state index contributed by atoms with van der Waals surface area (Å²) in [6.07, 6.45) is 0. The molecule has 5 nitrogen and oxygen atoms in total. The topological polar surface area (TPSA) is 73.6 Å². The van der Waals surface area contributed by atoms with Crippen molar-refractivity contribution in [2.75, 3.05) is 13.1 Å². The SMILES string of the molecule is CC(=O)Oc1ccccc1ONCCN. The number of carbonyl (C=O) groups is 1. The summed E-state index contributed by atoms with van der Waals surface area (Å²) in [5.41, 5.74) is 7.93. The average molecular weight is 210 g/mol. The Labute approximate surface area is 88.1 Å². The minimum atomic E-state index is -0.384. The molecule has 0 saturated carbocycles. The number of nitrogens with one attached hydrogen (secondary N) is 1. The van der Waals surface area contributed by atoms with Gasteiger partial charge in [-0.3, -0.25) is 4.79 Å². The Bertz CT molecular complexity index is 328. The van der Waals surface area contributed by atoms with E-state index in [1.54, 1.807) is 24.3 Å². The van der Waals surface area contributed by atoms with Crippen LogP contribution in [0, 0.1) is 0 Å². The maximum atomic E-state index is 10.8. The number of benzene rings is 1. The van der Waals surface area contributed by atoms with E-state index >= 15 is 0 Å². The van der Waals surface area contributed by atoms with Crippen molar-refractivity contribution in [3.63, 3.8) is 0 Å². The first-order valence-corrected chi connectivity index (χ1v) is 4.61. The lowest BCUT2D eigenvalue weighted by Crippen LogP contribution is -2.25. The van der Waals surface area contributed by atoms with Crippen molar-refractivity contribution in [3.05, 3.63) is 24.3 Å². The van der Waals surface area contributed by atoms with Gasteiger partial charge in [0.05, 0.1) is 0 Å². The molecule has 0 fully saturated rings. The van der Waals surface area contributed by atoms with Crippen molar-refractivity contribution in [2.45, 2.75) is 6.92 Å². The van der Waals surface area contributed by atoms with Crippen LogP contribution in [0.3, 0.4) is 0 Å². The summed E-state index contributed by atoms with van der Waals surface area (Å²) in [7, 11) is 0. The van der Waals surface area contributed by atoms with Crippen LogP contribution in [0.2, 0.25) is 0 Å². The molecule has 1 rings (SSSR count). The molecule has 82 valence electrons. The highest BCUT2D eigenvalue weighted by Crippen LogP contribution is 2.25. The molecule has 0 unspecified atom stereocenters. The van der Waals surface area contributed by atoms with E-state index < -0.39 is 0 Å². The molecule has 15 heavy (non-hydrogen) atoms. The molecule has 0 amide bonds. The van der Waals surface area contributed by atoms with Crippen LogP contribution >= 0.6 is 0 Å². The normalized spacial score (nSPS) is 9.73. The second-order valence-electron chi connectivity index (χ2n) is 2.83. The van der Waals surface area contributed by atoms with Gasteiger partial charge >= 0.3 is 5.97 Å². The van der Waals surface area contributed by atoms with Crippen molar-refractivity contribution in [3.8, 4) is 11.5 Å². The molecule has 0 aliphatic heterocycles. The summed E-state index contributed by atoms with van der Waals surface area (Å²) in [4.78, 5) is 15.9. The van der Waals surface area contributed by atoms with Gasteiger partial charge in [-0.1, -0.05) is 12.1 Å². The Morgan fingerprint density at radius 1 is 1.40 bits per heavy atom. The Morgan fingerprint density at radius 2 is 2.07 bits per heavy atom. The smallest absolute Gasteiger partial charge is 0.308 e.